The zero-order chi connectivity index (χ0) is 13.8. The lowest BCUT2D eigenvalue weighted by Gasteiger charge is -2.19. The number of benzene rings is 1. The normalized spacial score (nSPS) is 13.4. The third kappa shape index (κ3) is 4.41. The summed E-state index contributed by atoms with van der Waals surface area (Å²) in [5, 5.41) is 3.19. The molecule has 1 aromatic carbocycles. The summed E-state index contributed by atoms with van der Waals surface area (Å²) < 4.78 is 37.9. The van der Waals surface area contributed by atoms with Crippen molar-refractivity contribution in [1.82, 2.24) is 0 Å². The summed E-state index contributed by atoms with van der Waals surface area (Å²) in [7, 11) is 0. The SMILES string of the molecule is CCCC(CC)Nc1cc(Cl)cc(C(F)(F)F)c1. The first-order valence-electron chi connectivity index (χ1n) is 6.01. The largest absolute Gasteiger partial charge is 0.416 e. The van der Waals surface area contributed by atoms with Gasteiger partial charge in [0.1, 0.15) is 0 Å². The highest BCUT2D eigenvalue weighted by Crippen LogP contribution is 2.33. The standard InChI is InChI=1S/C13H17ClF3N/c1-3-5-11(4-2)18-12-7-9(13(15,16)17)6-10(14)8-12/h6-8,11,18H,3-5H2,1-2H3. The molecule has 0 amide bonds. The van der Waals surface area contributed by atoms with Crippen LogP contribution in [0.1, 0.15) is 38.7 Å². The first-order chi connectivity index (χ1) is 8.36. The summed E-state index contributed by atoms with van der Waals surface area (Å²) >= 11 is 5.72. The van der Waals surface area contributed by atoms with Gasteiger partial charge in [0, 0.05) is 16.8 Å². The molecule has 102 valence electrons. The van der Waals surface area contributed by atoms with Crippen LogP contribution in [0.3, 0.4) is 0 Å². The molecule has 1 rings (SSSR count). The van der Waals surface area contributed by atoms with Gasteiger partial charge in [-0.25, -0.2) is 0 Å². The molecule has 0 aliphatic heterocycles. The van der Waals surface area contributed by atoms with Crippen LogP contribution >= 0.6 is 11.6 Å². The van der Waals surface area contributed by atoms with Gasteiger partial charge in [-0.05, 0) is 31.0 Å². The minimum atomic E-state index is -4.37. The molecular weight excluding hydrogens is 263 g/mol. The van der Waals surface area contributed by atoms with Crippen molar-refractivity contribution in [2.24, 2.45) is 0 Å². The fraction of sp³-hybridized carbons (Fsp3) is 0.538. The van der Waals surface area contributed by atoms with E-state index in [0.717, 1.165) is 31.4 Å². The monoisotopic (exact) mass is 279 g/mol. The average molecular weight is 280 g/mol. The van der Waals surface area contributed by atoms with Crippen molar-refractivity contribution < 1.29 is 13.2 Å². The number of hydrogen-bond donors (Lipinski definition) is 1. The molecule has 0 spiro atoms. The fourth-order valence-corrected chi connectivity index (χ4v) is 2.03. The Balaban J connectivity index is 2.92. The molecule has 0 bridgehead atoms. The van der Waals surface area contributed by atoms with Gasteiger partial charge in [-0.3, -0.25) is 0 Å². The predicted molar refractivity (Wildman–Crippen MR) is 69.1 cm³/mol. The summed E-state index contributed by atoms with van der Waals surface area (Å²) in [5.41, 5.74) is -0.293. The lowest BCUT2D eigenvalue weighted by atomic mass is 10.1. The lowest BCUT2D eigenvalue weighted by Crippen LogP contribution is -2.18. The molecule has 0 aliphatic rings. The Morgan fingerprint density at radius 1 is 1.22 bits per heavy atom. The molecule has 1 N–H and O–H groups in total. The van der Waals surface area contributed by atoms with Crippen LogP contribution in [0.4, 0.5) is 18.9 Å². The van der Waals surface area contributed by atoms with Crippen molar-refractivity contribution in [3.05, 3.63) is 28.8 Å². The molecule has 0 aromatic heterocycles. The third-order valence-electron chi connectivity index (χ3n) is 2.73. The van der Waals surface area contributed by atoms with Crippen molar-refractivity contribution in [1.29, 1.82) is 0 Å². The van der Waals surface area contributed by atoms with Crippen LogP contribution in [0.5, 0.6) is 0 Å². The lowest BCUT2D eigenvalue weighted by molar-refractivity contribution is -0.137. The van der Waals surface area contributed by atoms with Crippen molar-refractivity contribution in [2.75, 3.05) is 5.32 Å². The fourth-order valence-electron chi connectivity index (χ4n) is 1.80. The second-order valence-corrected chi connectivity index (χ2v) is 4.70. The highest BCUT2D eigenvalue weighted by atomic mass is 35.5. The van der Waals surface area contributed by atoms with Crippen molar-refractivity contribution in [3.63, 3.8) is 0 Å². The second-order valence-electron chi connectivity index (χ2n) is 4.26. The number of nitrogens with one attached hydrogen (secondary N) is 1. The minimum Gasteiger partial charge on any atom is -0.382 e. The van der Waals surface area contributed by atoms with E-state index >= 15 is 0 Å². The van der Waals surface area contributed by atoms with Crippen LogP contribution in [-0.4, -0.2) is 6.04 Å². The van der Waals surface area contributed by atoms with E-state index in [1.807, 2.05) is 13.8 Å². The van der Waals surface area contributed by atoms with E-state index in [4.69, 9.17) is 11.6 Å². The van der Waals surface area contributed by atoms with E-state index in [9.17, 15) is 13.2 Å². The number of halogens is 4. The molecule has 5 heteroatoms. The van der Waals surface area contributed by atoms with Gasteiger partial charge in [-0.15, -0.1) is 0 Å². The first kappa shape index (κ1) is 15.2. The summed E-state index contributed by atoms with van der Waals surface area (Å²) in [5.74, 6) is 0. The van der Waals surface area contributed by atoms with Gasteiger partial charge in [0.05, 0.1) is 5.56 Å². The third-order valence-corrected chi connectivity index (χ3v) is 2.94. The van der Waals surface area contributed by atoms with Gasteiger partial charge in [-0.2, -0.15) is 13.2 Å². The molecule has 0 aliphatic carbocycles. The Kier molecular flexibility index (Phi) is 5.32. The van der Waals surface area contributed by atoms with Crippen LogP contribution in [0, 0.1) is 0 Å². The molecule has 0 heterocycles. The van der Waals surface area contributed by atoms with Gasteiger partial charge < -0.3 is 5.32 Å². The zero-order valence-electron chi connectivity index (χ0n) is 10.4. The molecule has 0 saturated carbocycles. The van der Waals surface area contributed by atoms with Crippen LogP contribution in [-0.2, 0) is 6.18 Å². The molecule has 18 heavy (non-hydrogen) atoms. The average Bonchev–Trinajstić information content (AvgIpc) is 2.26. The Hall–Kier alpha value is -0.900. The van der Waals surface area contributed by atoms with Crippen molar-refractivity contribution >= 4 is 17.3 Å². The van der Waals surface area contributed by atoms with E-state index in [2.05, 4.69) is 5.32 Å². The van der Waals surface area contributed by atoms with Crippen molar-refractivity contribution in [2.45, 2.75) is 45.3 Å². The molecule has 0 fully saturated rings. The van der Waals surface area contributed by atoms with E-state index in [1.165, 1.54) is 6.07 Å². The topological polar surface area (TPSA) is 12.0 Å². The molecule has 0 saturated heterocycles. The number of anilines is 1. The van der Waals surface area contributed by atoms with E-state index < -0.39 is 11.7 Å². The highest BCUT2D eigenvalue weighted by Gasteiger charge is 2.31. The van der Waals surface area contributed by atoms with Crippen LogP contribution in [0.15, 0.2) is 18.2 Å². The number of alkyl halides is 3. The Morgan fingerprint density at radius 2 is 1.89 bits per heavy atom. The summed E-state index contributed by atoms with van der Waals surface area (Å²) in [6, 6.07) is 3.74. The summed E-state index contributed by atoms with van der Waals surface area (Å²) in [6.45, 7) is 4.05. The molecule has 1 aromatic rings. The molecule has 1 unspecified atom stereocenters. The van der Waals surface area contributed by atoms with Gasteiger partial charge >= 0.3 is 6.18 Å². The summed E-state index contributed by atoms with van der Waals surface area (Å²) in [6.07, 6.45) is -1.60. The quantitative estimate of drug-likeness (QED) is 0.766. The predicted octanol–water partition coefficient (Wildman–Crippen LogP) is 5.35. The maximum atomic E-state index is 12.6. The van der Waals surface area contributed by atoms with E-state index in [0.29, 0.717) is 5.69 Å². The van der Waals surface area contributed by atoms with Crippen molar-refractivity contribution in [3.8, 4) is 0 Å². The smallest absolute Gasteiger partial charge is 0.382 e. The Bertz CT molecular complexity index is 390. The van der Waals surface area contributed by atoms with Gasteiger partial charge in [0.2, 0.25) is 0 Å². The van der Waals surface area contributed by atoms with Crippen LogP contribution in [0.25, 0.3) is 0 Å². The van der Waals surface area contributed by atoms with E-state index in [1.54, 1.807) is 0 Å². The van der Waals surface area contributed by atoms with E-state index in [-0.39, 0.29) is 11.1 Å². The number of rotatable bonds is 5. The molecule has 0 radical (unpaired) electrons. The maximum Gasteiger partial charge on any atom is 0.416 e. The minimum absolute atomic E-state index is 0.0960. The summed E-state index contributed by atoms with van der Waals surface area (Å²) in [4.78, 5) is 0. The number of hydrogen-bond acceptors (Lipinski definition) is 1. The zero-order valence-corrected chi connectivity index (χ0v) is 11.2. The molecule has 1 nitrogen and oxygen atoms in total. The van der Waals surface area contributed by atoms with Gasteiger partial charge in [0.15, 0.2) is 0 Å². The van der Waals surface area contributed by atoms with Crippen LogP contribution in [0.2, 0.25) is 5.02 Å². The second kappa shape index (κ2) is 6.32. The Morgan fingerprint density at radius 3 is 2.39 bits per heavy atom. The molecular formula is C13H17ClF3N. The Labute approximate surface area is 110 Å². The van der Waals surface area contributed by atoms with Gasteiger partial charge in [0.25, 0.3) is 0 Å². The van der Waals surface area contributed by atoms with Gasteiger partial charge in [-0.1, -0.05) is 31.9 Å². The maximum absolute atomic E-state index is 12.6. The first-order valence-corrected chi connectivity index (χ1v) is 6.39. The highest BCUT2D eigenvalue weighted by molar-refractivity contribution is 6.30. The van der Waals surface area contributed by atoms with Crippen LogP contribution < -0.4 is 5.32 Å². The molecule has 1 atom stereocenters.